The SMILES string of the molecule is C=CCCCCCCCCSc1cc2c3cc(SCCCCCC)c(SCCCCCC)cc3c3cc(SCCCCCC)c(SCCCCCC)cc3c2cc1SCCCCCC. The number of fused-ring (bicyclic) bond motifs is 6. The predicted octanol–water partition coefficient (Wildman–Crippen LogP) is 22.5. The van der Waals surface area contributed by atoms with Crippen molar-refractivity contribution < 1.29 is 0 Å². The standard InChI is InChI=1S/C58H90S6/c1-7-13-19-25-26-27-28-34-40-64-58-46-52-50-44-56(62-38-32-23-17-11-5)54(60-36-30-21-15-9-3)42-48(50)47-41-53(59-35-29-20-14-8-2)55(61-37-31-22-16-10-4)43-49(47)51(52)45-57(58)63-39-33-24-18-12-6/h7,41-46H,1,8-40H2,2-6H3. The molecule has 0 bridgehead atoms. The van der Waals surface area contributed by atoms with Crippen molar-refractivity contribution in [2.75, 3.05) is 34.5 Å². The Morgan fingerprint density at radius 3 is 0.672 bits per heavy atom. The monoisotopic (exact) mass is 979 g/mol. The molecule has 0 heterocycles. The van der Waals surface area contributed by atoms with Crippen LogP contribution in [0.5, 0.6) is 0 Å². The van der Waals surface area contributed by atoms with Gasteiger partial charge in [0.25, 0.3) is 0 Å². The van der Waals surface area contributed by atoms with Crippen molar-refractivity contribution in [1.82, 2.24) is 0 Å². The summed E-state index contributed by atoms with van der Waals surface area (Å²) in [5, 5.41) is 8.88. The molecule has 0 saturated heterocycles. The van der Waals surface area contributed by atoms with Crippen LogP contribution in [-0.4, -0.2) is 34.5 Å². The molecule has 0 N–H and O–H groups in total. The second-order valence-corrected chi connectivity index (χ2v) is 24.9. The number of allylic oxidation sites excluding steroid dienone is 1. The molecule has 64 heavy (non-hydrogen) atoms. The number of rotatable bonds is 40. The maximum absolute atomic E-state index is 3.92. The molecule has 0 atom stereocenters. The zero-order valence-corrected chi connectivity index (χ0v) is 46.4. The van der Waals surface area contributed by atoms with E-state index in [1.165, 1.54) is 263 Å². The average Bonchev–Trinajstić information content (AvgIpc) is 3.31. The highest BCUT2D eigenvalue weighted by Gasteiger charge is 2.19. The lowest BCUT2D eigenvalue weighted by atomic mass is 9.94. The van der Waals surface area contributed by atoms with Crippen LogP contribution in [0.2, 0.25) is 0 Å². The third-order valence-corrected chi connectivity index (χ3v) is 19.7. The fourth-order valence-corrected chi connectivity index (χ4v) is 15.4. The van der Waals surface area contributed by atoms with Crippen LogP contribution in [0, 0.1) is 0 Å². The van der Waals surface area contributed by atoms with Gasteiger partial charge in [0.1, 0.15) is 0 Å². The van der Waals surface area contributed by atoms with Crippen molar-refractivity contribution in [1.29, 1.82) is 0 Å². The first-order chi connectivity index (χ1) is 31.6. The zero-order chi connectivity index (χ0) is 45.5. The fourth-order valence-electron chi connectivity index (χ4n) is 8.53. The van der Waals surface area contributed by atoms with E-state index in [1.807, 2.05) is 0 Å². The van der Waals surface area contributed by atoms with Crippen LogP contribution in [0.15, 0.2) is 78.4 Å². The normalized spacial score (nSPS) is 11.8. The minimum Gasteiger partial charge on any atom is -0.125 e. The van der Waals surface area contributed by atoms with Gasteiger partial charge in [0.2, 0.25) is 0 Å². The van der Waals surface area contributed by atoms with E-state index in [9.17, 15) is 0 Å². The summed E-state index contributed by atoms with van der Waals surface area (Å²) in [5.74, 6) is 7.28. The summed E-state index contributed by atoms with van der Waals surface area (Å²) < 4.78 is 0. The van der Waals surface area contributed by atoms with Crippen LogP contribution >= 0.6 is 70.6 Å². The zero-order valence-electron chi connectivity index (χ0n) is 41.5. The number of hydrogen-bond acceptors (Lipinski definition) is 6. The van der Waals surface area contributed by atoms with E-state index in [4.69, 9.17) is 0 Å². The molecule has 0 aliphatic rings. The molecule has 0 saturated carbocycles. The summed E-state index contributed by atoms with van der Waals surface area (Å²) in [6, 6.07) is 16.0. The van der Waals surface area contributed by atoms with Crippen molar-refractivity contribution in [3.8, 4) is 0 Å². The molecule has 0 amide bonds. The predicted molar refractivity (Wildman–Crippen MR) is 307 cm³/mol. The van der Waals surface area contributed by atoms with Gasteiger partial charge < -0.3 is 0 Å². The second kappa shape index (κ2) is 35.6. The van der Waals surface area contributed by atoms with Crippen LogP contribution in [0.3, 0.4) is 0 Å². The minimum atomic E-state index is 1.16. The molecular weight excluding hydrogens is 889 g/mol. The molecule has 0 unspecified atom stereocenters. The Kier molecular flexibility index (Phi) is 31.2. The second-order valence-electron chi connectivity index (χ2n) is 18.1. The van der Waals surface area contributed by atoms with Crippen molar-refractivity contribution >= 4 is 103 Å². The van der Waals surface area contributed by atoms with E-state index in [1.54, 1.807) is 0 Å². The lowest BCUT2D eigenvalue weighted by Gasteiger charge is -2.20. The Morgan fingerprint density at radius 2 is 0.469 bits per heavy atom. The van der Waals surface area contributed by atoms with Crippen LogP contribution in [0.4, 0.5) is 0 Å². The van der Waals surface area contributed by atoms with Gasteiger partial charge in [0.15, 0.2) is 0 Å². The Balaban J connectivity index is 1.89. The first-order valence-electron chi connectivity index (χ1n) is 26.5. The highest BCUT2D eigenvalue weighted by atomic mass is 32.2. The van der Waals surface area contributed by atoms with E-state index in [2.05, 4.69) is 154 Å². The summed E-state index contributed by atoms with van der Waals surface area (Å²) in [5.41, 5.74) is 0. The Morgan fingerprint density at radius 1 is 0.281 bits per heavy atom. The summed E-state index contributed by atoms with van der Waals surface area (Å²) in [6.07, 6.45) is 37.7. The molecule has 0 spiro atoms. The molecule has 6 heteroatoms. The summed E-state index contributed by atoms with van der Waals surface area (Å²) in [4.78, 5) is 9.12. The molecule has 4 aromatic carbocycles. The van der Waals surface area contributed by atoms with Gasteiger partial charge in [-0.25, -0.2) is 0 Å². The van der Waals surface area contributed by atoms with Crippen LogP contribution in [-0.2, 0) is 0 Å². The Hall–Kier alpha value is -0.500. The maximum atomic E-state index is 3.92. The van der Waals surface area contributed by atoms with Gasteiger partial charge in [-0.1, -0.05) is 163 Å². The quantitative estimate of drug-likeness (QED) is 0.0187. The van der Waals surface area contributed by atoms with E-state index in [0.717, 1.165) is 6.42 Å². The third-order valence-electron chi connectivity index (χ3n) is 12.5. The summed E-state index contributed by atoms with van der Waals surface area (Å²) >= 11 is 12.9. The van der Waals surface area contributed by atoms with Crippen LogP contribution < -0.4 is 0 Å². The minimum absolute atomic E-state index is 1.16. The van der Waals surface area contributed by atoms with Gasteiger partial charge in [-0.3, -0.25) is 0 Å². The van der Waals surface area contributed by atoms with Gasteiger partial charge >= 0.3 is 0 Å². The van der Waals surface area contributed by atoms with Crippen molar-refractivity contribution in [3.05, 3.63) is 49.1 Å². The molecule has 358 valence electrons. The summed E-state index contributed by atoms with van der Waals surface area (Å²) in [6.45, 7) is 15.6. The first-order valence-corrected chi connectivity index (χ1v) is 32.4. The van der Waals surface area contributed by atoms with Crippen molar-refractivity contribution in [2.45, 2.75) is 237 Å². The van der Waals surface area contributed by atoms with Crippen LogP contribution in [0.25, 0.3) is 32.3 Å². The number of thioether (sulfide) groups is 6. The summed E-state index contributed by atoms with van der Waals surface area (Å²) in [7, 11) is 0. The average molecular weight is 980 g/mol. The number of unbranched alkanes of at least 4 members (excludes halogenated alkanes) is 21. The lowest BCUT2D eigenvalue weighted by Crippen LogP contribution is -1.94. The van der Waals surface area contributed by atoms with Gasteiger partial charge in [-0.05, 0) is 155 Å². The van der Waals surface area contributed by atoms with E-state index < -0.39 is 0 Å². The molecule has 0 aliphatic heterocycles. The lowest BCUT2D eigenvalue weighted by molar-refractivity contribution is 0.613. The third kappa shape index (κ3) is 20.2. The first kappa shape index (κ1) is 56.1. The van der Waals surface area contributed by atoms with Crippen molar-refractivity contribution in [2.24, 2.45) is 0 Å². The number of hydrogen-bond donors (Lipinski definition) is 0. The number of benzene rings is 4. The van der Waals surface area contributed by atoms with E-state index in [-0.39, 0.29) is 0 Å². The van der Waals surface area contributed by atoms with Gasteiger partial charge in [0.05, 0.1) is 0 Å². The highest BCUT2D eigenvalue weighted by Crippen LogP contribution is 2.47. The molecule has 0 radical (unpaired) electrons. The highest BCUT2D eigenvalue weighted by molar-refractivity contribution is 8.03. The maximum Gasteiger partial charge on any atom is 0.0215 e. The molecule has 0 aromatic heterocycles. The van der Waals surface area contributed by atoms with Crippen molar-refractivity contribution in [3.63, 3.8) is 0 Å². The fraction of sp³-hybridized carbons (Fsp3) is 0.655. The molecule has 0 nitrogen and oxygen atoms in total. The van der Waals surface area contributed by atoms with Gasteiger partial charge in [-0.2, -0.15) is 0 Å². The van der Waals surface area contributed by atoms with Gasteiger partial charge in [-0.15, -0.1) is 77.2 Å². The smallest absolute Gasteiger partial charge is 0.0215 e. The Bertz CT molecular complexity index is 1820. The van der Waals surface area contributed by atoms with Gasteiger partial charge in [0, 0.05) is 29.4 Å². The topological polar surface area (TPSA) is 0 Å². The van der Waals surface area contributed by atoms with E-state index in [0.29, 0.717) is 0 Å². The van der Waals surface area contributed by atoms with Crippen LogP contribution in [0.1, 0.15) is 208 Å². The van der Waals surface area contributed by atoms with E-state index >= 15 is 0 Å². The Labute approximate surface area is 420 Å². The molecule has 0 fully saturated rings. The molecular formula is C58H90S6. The molecule has 4 rings (SSSR count). The molecule has 4 aromatic rings. The largest absolute Gasteiger partial charge is 0.125 e. The molecule has 0 aliphatic carbocycles.